The normalized spacial score (nSPS) is 12.1. The summed E-state index contributed by atoms with van der Waals surface area (Å²) in [5.41, 5.74) is 4.16. The predicted octanol–water partition coefficient (Wildman–Crippen LogP) is 2.41. The summed E-state index contributed by atoms with van der Waals surface area (Å²) in [5, 5.41) is 17.7. The lowest BCUT2D eigenvalue weighted by Gasteiger charge is -2.13. The Labute approximate surface area is 147 Å². The number of aromatic nitrogens is 3. The summed E-state index contributed by atoms with van der Waals surface area (Å²) in [7, 11) is 1.63. The van der Waals surface area contributed by atoms with Gasteiger partial charge in [-0.1, -0.05) is 24.3 Å². The van der Waals surface area contributed by atoms with Gasteiger partial charge in [0, 0.05) is 13.1 Å². The van der Waals surface area contributed by atoms with E-state index in [4.69, 9.17) is 4.74 Å². The highest BCUT2D eigenvalue weighted by molar-refractivity contribution is 5.41. The molecule has 0 aliphatic carbocycles. The molecule has 1 aromatic heterocycles. The molecule has 2 aromatic carbocycles. The summed E-state index contributed by atoms with van der Waals surface area (Å²) in [6.07, 6.45) is 2.66. The van der Waals surface area contributed by atoms with E-state index < -0.39 is 6.10 Å². The van der Waals surface area contributed by atoms with Crippen LogP contribution in [-0.2, 0) is 6.54 Å². The second-order valence-corrected chi connectivity index (χ2v) is 5.88. The third kappa shape index (κ3) is 4.23. The van der Waals surface area contributed by atoms with E-state index in [1.807, 2.05) is 37.3 Å². The molecule has 1 unspecified atom stereocenters. The van der Waals surface area contributed by atoms with E-state index in [0.717, 1.165) is 28.1 Å². The molecule has 0 saturated carbocycles. The maximum Gasteiger partial charge on any atom is 0.138 e. The van der Waals surface area contributed by atoms with Crippen molar-refractivity contribution in [2.75, 3.05) is 13.7 Å². The van der Waals surface area contributed by atoms with Gasteiger partial charge in [0.2, 0.25) is 0 Å². The van der Waals surface area contributed by atoms with Crippen molar-refractivity contribution in [1.82, 2.24) is 20.1 Å². The van der Waals surface area contributed by atoms with Crippen molar-refractivity contribution in [3.8, 4) is 11.4 Å². The van der Waals surface area contributed by atoms with Crippen molar-refractivity contribution in [1.29, 1.82) is 0 Å². The summed E-state index contributed by atoms with van der Waals surface area (Å²) in [5.74, 6) is 0.784. The Kier molecular flexibility index (Phi) is 5.42. The van der Waals surface area contributed by atoms with Crippen LogP contribution in [0.1, 0.15) is 22.8 Å². The molecule has 25 heavy (non-hydrogen) atoms. The molecule has 6 nitrogen and oxygen atoms in total. The molecule has 6 heteroatoms. The van der Waals surface area contributed by atoms with Crippen LogP contribution >= 0.6 is 0 Å². The van der Waals surface area contributed by atoms with E-state index in [1.165, 1.54) is 6.33 Å². The highest BCUT2D eigenvalue weighted by atomic mass is 16.5. The zero-order valence-electron chi connectivity index (χ0n) is 14.4. The number of methoxy groups -OCH3 is 1. The lowest BCUT2D eigenvalue weighted by molar-refractivity contribution is 0.174. The minimum absolute atomic E-state index is 0.482. The number of hydrogen-bond donors (Lipinski definition) is 2. The third-order valence-electron chi connectivity index (χ3n) is 4.09. The van der Waals surface area contributed by atoms with E-state index in [9.17, 15) is 5.11 Å². The fourth-order valence-electron chi connectivity index (χ4n) is 2.71. The number of ether oxygens (including phenoxy) is 1. The first-order valence-electron chi connectivity index (χ1n) is 8.14. The number of rotatable bonds is 7. The zero-order chi connectivity index (χ0) is 17.6. The first-order chi connectivity index (χ1) is 12.2. The average molecular weight is 338 g/mol. The van der Waals surface area contributed by atoms with Gasteiger partial charge in [-0.25, -0.2) is 9.67 Å². The molecule has 2 N–H and O–H groups in total. The maximum absolute atomic E-state index is 10.3. The Bertz CT molecular complexity index is 801. The van der Waals surface area contributed by atoms with Crippen LogP contribution < -0.4 is 10.1 Å². The smallest absolute Gasteiger partial charge is 0.138 e. The summed E-state index contributed by atoms with van der Waals surface area (Å²) < 4.78 is 6.88. The monoisotopic (exact) mass is 338 g/mol. The molecule has 1 atom stereocenters. The number of aliphatic hydroxyl groups excluding tert-OH is 1. The Balaban J connectivity index is 1.55. The molecule has 0 spiro atoms. The number of aliphatic hydroxyl groups is 1. The minimum Gasteiger partial charge on any atom is -0.497 e. The fraction of sp³-hybridized carbons (Fsp3) is 0.263. The fourth-order valence-corrected chi connectivity index (χ4v) is 2.71. The zero-order valence-corrected chi connectivity index (χ0v) is 14.4. The number of hydrogen-bond acceptors (Lipinski definition) is 5. The van der Waals surface area contributed by atoms with Crippen LogP contribution in [0.5, 0.6) is 5.75 Å². The SMILES string of the molecule is COc1ccc(C(O)CNCc2ccc(-n3cncn3)c(C)c2)cc1. The van der Waals surface area contributed by atoms with Crippen molar-refractivity contribution >= 4 is 0 Å². The minimum atomic E-state index is -0.554. The summed E-state index contributed by atoms with van der Waals surface area (Å²) in [6.45, 7) is 3.22. The molecule has 130 valence electrons. The molecule has 0 radical (unpaired) electrons. The lowest BCUT2D eigenvalue weighted by Crippen LogP contribution is -2.21. The molecule has 1 heterocycles. The van der Waals surface area contributed by atoms with Crippen LogP contribution in [0.3, 0.4) is 0 Å². The van der Waals surface area contributed by atoms with Gasteiger partial charge >= 0.3 is 0 Å². The van der Waals surface area contributed by atoms with Crippen molar-refractivity contribution in [3.63, 3.8) is 0 Å². The van der Waals surface area contributed by atoms with Crippen LogP contribution in [-0.4, -0.2) is 33.5 Å². The highest BCUT2D eigenvalue weighted by Gasteiger charge is 2.08. The molecule has 0 amide bonds. The standard InChI is InChI=1S/C19H22N4O2/c1-14-9-15(3-8-18(14)23-13-21-12-22-23)10-20-11-19(24)16-4-6-17(25-2)7-5-16/h3-9,12-13,19-20,24H,10-11H2,1-2H3. The lowest BCUT2D eigenvalue weighted by atomic mass is 10.1. The van der Waals surface area contributed by atoms with E-state index in [0.29, 0.717) is 13.1 Å². The predicted molar refractivity (Wildman–Crippen MR) is 95.8 cm³/mol. The average Bonchev–Trinajstić information content (AvgIpc) is 3.16. The van der Waals surface area contributed by atoms with E-state index in [-0.39, 0.29) is 0 Å². The summed E-state index contributed by atoms with van der Waals surface area (Å²) in [6, 6.07) is 13.7. The van der Waals surface area contributed by atoms with Crippen LogP contribution in [0.15, 0.2) is 55.1 Å². The van der Waals surface area contributed by atoms with Crippen molar-refractivity contribution in [2.45, 2.75) is 19.6 Å². The van der Waals surface area contributed by atoms with Crippen LogP contribution in [0.25, 0.3) is 5.69 Å². The van der Waals surface area contributed by atoms with Crippen LogP contribution in [0.4, 0.5) is 0 Å². The topological polar surface area (TPSA) is 72.2 Å². The quantitative estimate of drug-likeness (QED) is 0.692. The van der Waals surface area contributed by atoms with E-state index >= 15 is 0 Å². The number of nitrogens with one attached hydrogen (secondary N) is 1. The number of benzene rings is 2. The van der Waals surface area contributed by atoms with Crippen LogP contribution in [0.2, 0.25) is 0 Å². The van der Waals surface area contributed by atoms with Gasteiger partial charge in [0.15, 0.2) is 0 Å². The Hall–Kier alpha value is -2.70. The van der Waals surface area contributed by atoms with Gasteiger partial charge in [0.25, 0.3) is 0 Å². The first kappa shape index (κ1) is 17.1. The van der Waals surface area contributed by atoms with Crippen molar-refractivity contribution in [2.24, 2.45) is 0 Å². The molecule has 0 saturated heterocycles. The van der Waals surface area contributed by atoms with Crippen LogP contribution in [0, 0.1) is 6.92 Å². The molecule has 0 fully saturated rings. The van der Waals surface area contributed by atoms with Crippen molar-refractivity contribution < 1.29 is 9.84 Å². The summed E-state index contributed by atoms with van der Waals surface area (Å²) >= 11 is 0. The molecule has 3 rings (SSSR count). The van der Waals surface area contributed by atoms with Gasteiger partial charge in [-0.2, -0.15) is 5.10 Å². The van der Waals surface area contributed by atoms with Gasteiger partial charge in [-0.05, 0) is 41.8 Å². The Morgan fingerprint density at radius 3 is 2.64 bits per heavy atom. The molecule has 3 aromatic rings. The van der Waals surface area contributed by atoms with Gasteiger partial charge in [-0.3, -0.25) is 0 Å². The molecule has 0 aliphatic rings. The highest BCUT2D eigenvalue weighted by Crippen LogP contribution is 2.18. The third-order valence-corrected chi connectivity index (χ3v) is 4.09. The maximum atomic E-state index is 10.3. The number of nitrogens with zero attached hydrogens (tertiary/aromatic N) is 3. The number of aryl methyl sites for hydroxylation is 1. The molecule has 0 aliphatic heterocycles. The van der Waals surface area contributed by atoms with E-state index in [1.54, 1.807) is 18.1 Å². The van der Waals surface area contributed by atoms with Gasteiger partial charge in [-0.15, -0.1) is 0 Å². The van der Waals surface area contributed by atoms with Gasteiger partial charge < -0.3 is 15.2 Å². The Morgan fingerprint density at radius 1 is 1.20 bits per heavy atom. The molecule has 0 bridgehead atoms. The summed E-state index contributed by atoms with van der Waals surface area (Å²) in [4.78, 5) is 3.97. The van der Waals surface area contributed by atoms with Gasteiger partial charge in [0.05, 0.1) is 18.9 Å². The Morgan fingerprint density at radius 2 is 2.00 bits per heavy atom. The first-order valence-corrected chi connectivity index (χ1v) is 8.14. The van der Waals surface area contributed by atoms with E-state index in [2.05, 4.69) is 27.5 Å². The molecular weight excluding hydrogens is 316 g/mol. The molecular formula is C19H22N4O2. The second-order valence-electron chi connectivity index (χ2n) is 5.88. The van der Waals surface area contributed by atoms with Gasteiger partial charge in [0.1, 0.15) is 18.4 Å². The second kappa shape index (κ2) is 7.92. The van der Waals surface area contributed by atoms with Crippen molar-refractivity contribution in [3.05, 3.63) is 71.8 Å². The largest absolute Gasteiger partial charge is 0.497 e.